The van der Waals surface area contributed by atoms with Crippen molar-refractivity contribution in [2.24, 2.45) is 0 Å². The molecule has 0 saturated carbocycles. The summed E-state index contributed by atoms with van der Waals surface area (Å²) in [6, 6.07) is 10.1. The van der Waals surface area contributed by atoms with E-state index in [0.717, 1.165) is 0 Å². The Morgan fingerprint density at radius 1 is 0.486 bits per heavy atom. The number of nitrogens with two attached hydrogens (primary N) is 4. The summed E-state index contributed by atoms with van der Waals surface area (Å²) < 4.78 is 5.04. The van der Waals surface area contributed by atoms with Gasteiger partial charge in [0.25, 0.3) is 0 Å². The van der Waals surface area contributed by atoms with Gasteiger partial charge < -0.3 is 37.9 Å². The standard InChI is InChI=1S/C24H18N4O7/c25-13-5-1-9(21(29)30)17-11(3-7-15(27)19(13)17)23(33)35-24(34)12-4-8-16(28)20-14(26)6-2-10(18(12)20)22(31)32/h1-8H,25-28H2,(H,29,30)(H,31,32). The third kappa shape index (κ3) is 3.66. The van der Waals surface area contributed by atoms with Gasteiger partial charge in [-0.3, -0.25) is 0 Å². The van der Waals surface area contributed by atoms with Crippen molar-refractivity contribution in [1.29, 1.82) is 0 Å². The molecule has 4 aromatic rings. The maximum atomic E-state index is 13.0. The average molecular weight is 474 g/mol. The van der Waals surface area contributed by atoms with Gasteiger partial charge in [0, 0.05) is 44.3 Å². The topological polar surface area (TPSA) is 222 Å². The van der Waals surface area contributed by atoms with E-state index in [4.69, 9.17) is 27.7 Å². The van der Waals surface area contributed by atoms with E-state index >= 15 is 0 Å². The van der Waals surface area contributed by atoms with Crippen LogP contribution in [0.2, 0.25) is 0 Å². The molecule has 0 aliphatic carbocycles. The molecule has 11 heteroatoms. The van der Waals surface area contributed by atoms with Gasteiger partial charge in [0.05, 0.1) is 22.3 Å². The third-order valence-corrected chi connectivity index (χ3v) is 5.54. The van der Waals surface area contributed by atoms with Crippen molar-refractivity contribution in [1.82, 2.24) is 0 Å². The third-order valence-electron chi connectivity index (χ3n) is 5.54. The Morgan fingerprint density at radius 3 is 1.06 bits per heavy atom. The smallest absolute Gasteiger partial charge is 0.346 e. The Balaban J connectivity index is 1.87. The van der Waals surface area contributed by atoms with E-state index in [1.54, 1.807) is 0 Å². The number of benzene rings is 4. The number of anilines is 4. The zero-order chi connectivity index (χ0) is 25.6. The number of hydrogen-bond donors (Lipinski definition) is 6. The maximum Gasteiger partial charge on any atom is 0.346 e. The number of aromatic carboxylic acids is 2. The summed E-state index contributed by atoms with van der Waals surface area (Å²) >= 11 is 0. The Labute approximate surface area is 196 Å². The number of rotatable bonds is 4. The fourth-order valence-corrected chi connectivity index (χ4v) is 3.99. The molecule has 0 heterocycles. The molecule has 0 atom stereocenters. The van der Waals surface area contributed by atoms with Crippen molar-refractivity contribution >= 4 is 68.2 Å². The van der Waals surface area contributed by atoms with Gasteiger partial charge >= 0.3 is 23.9 Å². The maximum absolute atomic E-state index is 13.0. The van der Waals surface area contributed by atoms with Crippen LogP contribution in [0.4, 0.5) is 22.7 Å². The van der Waals surface area contributed by atoms with E-state index in [-0.39, 0.29) is 66.5 Å². The van der Waals surface area contributed by atoms with Crippen LogP contribution in [0.15, 0.2) is 48.5 Å². The summed E-state index contributed by atoms with van der Waals surface area (Å²) in [4.78, 5) is 49.7. The molecule has 0 fully saturated rings. The molecule has 0 unspecified atom stereocenters. The monoisotopic (exact) mass is 474 g/mol. The summed E-state index contributed by atoms with van der Waals surface area (Å²) in [5, 5.41) is 19.2. The molecule has 11 nitrogen and oxygen atoms in total. The van der Waals surface area contributed by atoms with Crippen LogP contribution in [-0.2, 0) is 4.74 Å². The number of hydrogen-bond acceptors (Lipinski definition) is 9. The Morgan fingerprint density at radius 2 is 0.771 bits per heavy atom. The molecule has 10 N–H and O–H groups in total. The lowest BCUT2D eigenvalue weighted by Crippen LogP contribution is -2.16. The first-order valence-electron chi connectivity index (χ1n) is 9.97. The van der Waals surface area contributed by atoms with Crippen molar-refractivity contribution in [3.8, 4) is 0 Å². The van der Waals surface area contributed by atoms with Gasteiger partial charge in [-0.25, -0.2) is 19.2 Å². The van der Waals surface area contributed by atoms with E-state index in [0.29, 0.717) is 0 Å². The number of ether oxygens (including phenoxy) is 1. The number of esters is 2. The van der Waals surface area contributed by atoms with E-state index < -0.39 is 23.9 Å². The van der Waals surface area contributed by atoms with Crippen molar-refractivity contribution in [2.75, 3.05) is 22.9 Å². The highest BCUT2D eigenvalue weighted by Crippen LogP contribution is 2.35. The largest absolute Gasteiger partial charge is 0.478 e. The summed E-state index contributed by atoms with van der Waals surface area (Å²) in [7, 11) is 0. The molecule has 4 aromatic carbocycles. The lowest BCUT2D eigenvalue weighted by molar-refractivity contribution is 0.0400. The van der Waals surface area contributed by atoms with Crippen LogP contribution in [0.25, 0.3) is 21.5 Å². The van der Waals surface area contributed by atoms with Crippen LogP contribution < -0.4 is 22.9 Å². The number of carbonyl (C=O) groups excluding carboxylic acids is 2. The van der Waals surface area contributed by atoms with Gasteiger partial charge in [-0.05, 0) is 48.5 Å². The molecule has 0 spiro atoms. The van der Waals surface area contributed by atoms with Crippen molar-refractivity contribution in [3.63, 3.8) is 0 Å². The lowest BCUT2D eigenvalue weighted by atomic mass is 9.96. The molecule has 35 heavy (non-hydrogen) atoms. The average Bonchev–Trinajstić information content (AvgIpc) is 2.79. The van der Waals surface area contributed by atoms with E-state index in [1.807, 2.05) is 0 Å². The second-order valence-electron chi connectivity index (χ2n) is 7.60. The molecule has 0 radical (unpaired) electrons. The zero-order valence-electron chi connectivity index (χ0n) is 17.9. The minimum Gasteiger partial charge on any atom is -0.478 e. The van der Waals surface area contributed by atoms with Gasteiger partial charge in [0.1, 0.15) is 0 Å². The first kappa shape index (κ1) is 22.9. The molecule has 0 aromatic heterocycles. The minimum atomic E-state index is -1.35. The summed E-state index contributed by atoms with van der Waals surface area (Å²) in [5.41, 5.74) is 23.2. The van der Waals surface area contributed by atoms with Crippen LogP contribution in [-0.4, -0.2) is 34.1 Å². The number of fused-ring (bicyclic) bond motifs is 2. The predicted molar refractivity (Wildman–Crippen MR) is 129 cm³/mol. The first-order chi connectivity index (χ1) is 16.5. The van der Waals surface area contributed by atoms with Crippen LogP contribution in [0.1, 0.15) is 41.4 Å². The highest BCUT2D eigenvalue weighted by Gasteiger charge is 2.26. The Hall–Kier alpha value is -5.32. The number of carboxylic acids is 2. The Kier molecular flexibility index (Phi) is 5.37. The molecular formula is C24H18N4O7. The van der Waals surface area contributed by atoms with Crippen molar-refractivity contribution < 1.29 is 34.1 Å². The van der Waals surface area contributed by atoms with Crippen LogP contribution in [0.5, 0.6) is 0 Å². The van der Waals surface area contributed by atoms with Crippen molar-refractivity contribution in [2.45, 2.75) is 0 Å². The van der Waals surface area contributed by atoms with Gasteiger partial charge in [-0.2, -0.15) is 0 Å². The molecule has 0 aliphatic heterocycles. The van der Waals surface area contributed by atoms with Gasteiger partial charge in [-0.15, -0.1) is 0 Å². The molecule has 0 amide bonds. The first-order valence-corrected chi connectivity index (χ1v) is 9.97. The molecule has 0 aliphatic rings. The van der Waals surface area contributed by atoms with Gasteiger partial charge in [0.2, 0.25) is 0 Å². The Bertz CT molecular complexity index is 1480. The molecular weight excluding hydrogens is 456 g/mol. The van der Waals surface area contributed by atoms with Gasteiger partial charge in [0.15, 0.2) is 0 Å². The van der Waals surface area contributed by atoms with Crippen LogP contribution in [0.3, 0.4) is 0 Å². The van der Waals surface area contributed by atoms with Crippen molar-refractivity contribution in [3.05, 3.63) is 70.8 Å². The quantitative estimate of drug-likeness (QED) is 0.143. The number of carboxylic acid groups (broad SMARTS) is 2. The zero-order valence-corrected chi connectivity index (χ0v) is 17.9. The highest BCUT2D eigenvalue weighted by molar-refractivity contribution is 6.23. The van der Waals surface area contributed by atoms with E-state index in [1.165, 1.54) is 48.5 Å². The summed E-state index contributed by atoms with van der Waals surface area (Å²) in [6.07, 6.45) is 0. The second kappa shape index (κ2) is 8.23. The van der Waals surface area contributed by atoms with E-state index in [9.17, 15) is 29.4 Å². The molecule has 0 saturated heterocycles. The second-order valence-corrected chi connectivity index (χ2v) is 7.60. The number of carbonyl (C=O) groups is 4. The predicted octanol–water partition coefficient (Wildman–Crippen LogP) is 2.72. The fourth-order valence-electron chi connectivity index (χ4n) is 3.99. The summed E-state index contributed by atoms with van der Waals surface area (Å²) in [6.45, 7) is 0. The SMILES string of the molecule is Nc1ccc(C(=O)O)c2c(C(=O)OC(=O)c3ccc(N)c4c(N)ccc(C(=O)O)c34)ccc(N)c12. The van der Waals surface area contributed by atoms with E-state index in [2.05, 4.69) is 0 Å². The van der Waals surface area contributed by atoms with Gasteiger partial charge in [-0.1, -0.05) is 0 Å². The molecule has 0 bridgehead atoms. The molecule has 4 rings (SSSR count). The normalized spacial score (nSPS) is 10.9. The lowest BCUT2D eigenvalue weighted by Gasteiger charge is -2.14. The number of nitrogen functional groups attached to an aromatic ring is 4. The highest BCUT2D eigenvalue weighted by atomic mass is 16.6. The summed E-state index contributed by atoms with van der Waals surface area (Å²) in [5.74, 6) is -5.10. The van der Waals surface area contributed by atoms with Crippen LogP contribution >= 0.6 is 0 Å². The fraction of sp³-hybridized carbons (Fsp3) is 0. The molecule has 176 valence electrons. The minimum absolute atomic E-state index is 0.104. The van der Waals surface area contributed by atoms with Crippen LogP contribution in [0, 0.1) is 0 Å².